The molecule has 29 heavy (non-hydrogen) atoms. The highest BCUT2D eigenvalue weighted by Gasteiger charge is 2.13. The molecule has 3 rings (SSSR count). The van der Waals surface area contributed by atoms with Crippen molar-refractivity contribution in [1.29, 1.82) is 0 Å². The zero-order chi connectivity index (χ0) is 20.8. The molecule has 1 aromatic carbocycles. The number of aromatic nitrogens is 1. The number of ether oxygens (including phenoxy) is 3. The van der Waals surface area contributed by atoms with E-state index in [-0.39, 0.29) is 0 Å². The van der Waals surface area contributed by atoms with Crippen molar-refractivity contribution < 1.29 is 18.6 Å². The summed E-state index contributed by atoms with van der Waals surface area (Å²) < 4.78 is 23.5. The van der Waals surface area contributed by atoms with Crippen molar-refractivity contribution in [2.24, 2.45) is 10.1 Å². The maximum Gasteiger partial charge on any atom is 0.206 e. The lowest BCUT2D eigenvalue weighted by Crippen LogP contribution is -2.12. The van der Waals surface area contributed by atoms with Gasteiger partial charge < -0.3 is 18.6 Å². The lowest BCUT2D eigenvalue weighted by atomic mass is 10.2. The summed E-state index contributed by atoms with van der Waals surface area (Å²) in [5, 5.41) is 6.60. The molecule has 152 valence electrons. The molecule has 0 unspecified atom stereocenters. The van der Waals surface area contributed by atoms with Gasteiger partial charge in [0.1, 0.15) is 5.69 Å². The minimum atomic E-state index is 0.526. The van der Waals surface area contributed by atoms with Crippen LogP contribution in [-0.2, 0) is 0 Å². The molecular weight excluding hydrogens is 390 g/mol. The number of methoxy groups -OCH3 is 3. The predicted molar refractivity (Wildman–Crippen MR) is 114 cm³/mol. The van der Waals surface area contributed by atoms with E-state index < -0.39 is 0 Å². The Labute approximate surface area is 173 Å². The molecule has 0 radical (unpaired) electrons. The van der Waals surface area contributed by atoms with Gasteiger partial charge in [0.15, 0.2) is 17.3 Å². The van der Waals surface area contributed by atoms with Gasteiger partial charge in [0, 0.05) is 10.9 Å². The standard InChI is InChI=1S/C21H23N3O4S/c1-14(2)11-22-21-24(16(13-29-21)17-7-6-8-28-17)23-12-15-9-18(25-3)20(27-5)19(10-15)26-4/h6-10,12-13H,1,11H2,2-5H3. The predicted octanol–water partition coefficient (Wildman–Crippen LogP) is 4.19. The summed E-state index contributed by atoms with van der Waals surface area (Å²) in [6.07, 6.45) is 3.34. The topological polar surface area (TPSA) is 70.5 Å². The van der Waals surface area contributed by atoms with Gasteiger partial charge in [-0.1, -0.05) is 12.2 Å². The largest absolute Gasteiger partial charge is 0.493 e. The fraction of sp³-hybridized carbons (Fsp3) is 0.238. The molecule has 0 N–H and O–H groups in total. The van der Waals surface area contributed by atoms with E-state index in [0.717, 1.165) is 21.6 Å². The van der Waals surface area contributed by atoms with E-state index in [1.807, 2.05) is 36.6 Å². The van der Waals surface area contributed by atoms with Crippen LogP contribution in [0.5, 0.6) is 17.2 Å². The van der Waals surface area contributed by atoms with Gasteiger partial charge in [-0.2, -0.15) is 5.10 Å². The van der Waals surface area contributed by atoms with Crippen LogP contribution in [0.1, 0.15) is 12.5 Å². The average molecular weight is 413 g/mol. The summed E-state index contributed by atoms with van der Waals surface area (Å²) in [5.41, 5.74) is 2.57. The third-order valence-electron chi connectivity index (χ3n) is 3.95. The molecule has 8 heteroatoms. The van der Waals surface area contributed by atoms with Crippen molar-refractivity contribution in [2.75, 3.05) is 27.9 Å². The fourth-order valence-electron chi connectivity index (χ4n) is 2.62. The van der Waals surface area contributed by atoms with E-state index in [9.17, 15) is 0 Å². The van der Waals surface area contributed by atoms with E-state index in [1.165, 1.54) is 11.3 Å². The summed E-state index contributed by atoms with van der Waals surface area (Å²) in [4.78, 5) is 5.34. The zero-order valence-corrected chi connectivity index (χ0v) is 17.7. The molecule has 2 heterocycles. The van der Waals surface area contributed by atoms with Crippen LogP contribution in [0.15, 0.2) is 62.6 Å². The number of furan rings is 1. The first kappa shape index (κ1) is 20.5. The molecule has 0 aliphatic rings. The first-order valence-electron chi connectivity index (χ1n) is 8.81. The van der Waals surface area contributed by atoms with Gasteiger partial charge in [0.05, 0.1) is 40.4 Å². The molecule has 2 aromatic heterocycles. The van der Waals surface area contributed by atoms with Crippen LogP contribution >= 0.6 is 11.3 Å². The maximum atomic E-state index is 5.55. The lowest BCUT2D eigenvalue weighted by molar-refractivity contribution is 0.324. The zero-order valence-electron chi connectivity index (χ0n) is 16.8. The third kappa shape index (κ3) is 4.60. The monoisotopic (exact) mass is 413 g/mol. The summed E-state index contributed by atoms with van der Waals surface area (Å²) in [5.74, 6) is 2.35. The van der Waals surface area contributed by atoms with Crippen molar-refractivity contribution >= 4 is 17.6 Å². The highest BCUT2D eigenvalue weighted by molar-refractivity contribution is 7.07. The quantitative estimate of drug-likeness (QED) is 0.410. The first-order chi connectivity index (χ1) is 14.1. The van der Waals surface area contributed by atoms with Crippen LogP contribution in [0.25, 0.3) is 11.5 Å². The molecule has 0 amide bonds. The number of hydrogen-bond acceptors (Lipinski definition) is 7. The molecule has 0 spiro atoms. The van der Waals surface area contributed by atoms with Crippen molar-refractivity contribution in [2.45, 2.75) is 6.92 Å². The number of rotatable bonds is 8. The van der Waals surface area contributed by atoms with Crippen molar-refractivity contribution in [1.82, 2.24) is 4.68 Å². The lowest BCUT2D eigenvalue weighted by Gasteiger charge is -2.12. The van der Waals surface area contributed by atoms with Crippen LogP contribution in [0.3, 0.4) is 0 Å². The van der Waals surface area contributed by atoms with Crippen LogP contribution in [-0.4, -0.2) is 38.8 Å². The van der Waals surface area contributed by atoms with Gasteiger partial charge in [-0.25, -0.2) is 4.68 Å². The van der Waals surface area contributed by atoms with Crippen LogP contribution in [0.2, 0.25) is 0 Å². The van der Waals surface area contributed by atoms with Gasteiger partial charge in [-0.15, -0.1) is 11.3 Å². The molecule has 7 nitrogen and oxygen atoms in total. The minimum Gasteiger partial charge on any atom is -0.493 e. The first-order valence-corrected chi connectivity index (χ1v) is 9.69. The summed E-state index contributed by atoms with van der Waals surface area (Å²) in [6, 6.07) is 7.38. The molecule has 0 saturated heterocycles. The van der Waals surface area contributed by atoms with Crippen molar-refractivity contribution in [3.63, 3.8) is 0 Å². The van der Waals surface area contributed by atoms with Gasteiger partial charge in [-0.05, 0) is 31.2 Å². The smallest absolute Gasteiger partial charge is 0.206 e. The second-order valence-electron chi connectivity index (χ2n) is 6.17. The molecule has 0 fully saturated rings. The Hall–Kier alpha value is -3.26. The highest BCUT2D eigenvalue weighted by Crippen LogP contribution is 2.37. The maximum absolute atomic E-state index is 5.55. The molecule has 3 aromatic rings. The molecule has 0 atom stereocenters. The second kappa shape index (κ2) is 9.29. The van der Waals surface area contributed by atoms with Crippen LogP contribution in [0.4, 0.5) is 0 Å². The van der Waals surface area contributed by atoms with Crippen molar-refractivity contribution in [3.8, 4) is 28.7 Å². The van der Waals surface area contributed by atoms with E-state index in [0.29, 0.717) is 29.6 Å². The van der Waals surface area contributed by atoms with Crippen LogP contribution < -0.4 is 19.0 Å². The van der Waals surface area contributed by atoms with Gasteiger partial charge in [0.25, 0.3) is 0 Å². The molecule has 0 aliphatic carbocycles. The Bertz CT molecular complexity index is 1050. The Morgan fingerprint density at radius 2 is 1.93 bits per heavy atom. The Morgan fingerprint density at radius 1 is 1.21 bits per heavy atom. The molecule has 0 saturated carbocycles. The summed E-state index contributed by atoms with van der Waals surface area (Å²) >= 11 is 1.48. The second-order valence-corrected chi connectivity index (χ2v) is 7.01. The Balaban J connectivity index is 2.07. The average Bonchev–Trinajstić information content (AvgIpc) is 3.39. The van der Waals surface area contributed by atoms with E-state index >= 15 is 0 Å². The number of nitrogens with zero attached hydrogens (tertiary/aromatic N) is 3. The van der Waals surface area contributed by atoms with Crippen molar-refractivity contribution in [3.05, 3.63) is 58.4 Å². The molecule has 0 bridgehead atoms. The SMILES string of the molecule is C=C(C)CN=c1scc(-c2ccco2)n1N=Cc1cc(OC)c(OC)c(OC)c1. The van der Waals surface area contributed by atoms with E-state index in [2.05, 4.69) is 16.7 Å². The fourth-order valence-corrected chi connectivity index (χ4v) is 3.43. The molecular formula is C21H23N3O4S. The van der Waals surface area contributed by atoms with E-state index in [1.54, 1.807) is 38.5 Å². The van der Waals surface area contributed by atoms with Gasteiger partial charge in [-0.3, -0.25) is 4.99 Å². The number of hydrogen-bond donors (Lipinski definition) is 0. The van der Waals surface area contributed by atoms with Crippen LogP contribution in [0, 0.1) is 0 Å². The highest BCUT2D eigenvalue weighted by atomic mass is 32.1. The summed E-state index contributed by atoms with van der Waals surface area (Å²) in [6.45, 7) is 6.37. The minimum absolute atomic E-state index is 0.526. The number of benzene rings is 1. The normalized spacial score (nSPS) is 11.8. The van der Waals surface area contributed by atoms with Gasteiger partial charge in [0.2, 0.25) is 10.6 Å². The third-order valence-corrected chi connectivity index (χ3v) is 4.81. The van der Waals surface area contributed by atoms with E-state index in [4.69, 9.17) is 18.6 Å². The Morgan fingerprint density at radius 3 is 2.48 bits per heavy atom. The Kier molecular flexibility index (Phi) is 6.56. The molecule has 0 aliphatic heterocycles. The summed E-state index contributed by atoms with van der Waals surface area (Å²) in [7, 11) is 4.73. The van der Waals surface area contributed by atoms with Gasteiger partial charge >= 0.3 is 0 Å². The number of thiazole rings is 1.